The van der Waals surface area contributed by atoms with E-state index in [1.165, 1.54) is 0 Å². The molecular weight excluding hydrogens is 215 g/mol. The summed E-state index contributed by atoms with van der Waals surface area (Å²) in [7, 11) is 3.60. The van der Waals surface area contributed by atoms with Gasteiger partial charge >= 0.3 is 29.6 Å². The van der Waals surface area contributed by atoms with Crippen LogP contribution < -0.4 is 34.7 Å². The molecule has 0 bridgehead atoms. The van der Waals surface area contributed by atoms with Gasteiger partial charge in [-0.15, -0.1) is 0 Å². The third-order valence-electron chi connectivity index (χ3n) is 2.85. The first-order valence-electron chi connectivity index (χ1n) is 4.26. The minimum Gasteiger partial charge on any atom is -0.550 e. The third-order valence-corrected chi connectivity index (χ3v) is 6.21. The molecule has 0 aromatic rings. The van der Waals surface area contributed by atoms with Crippen molar-refractivity contribution in [3.63, 3.8) is 0 Å². The zero-order valence-electron chi connectivity index (χ0n) is 7.75. The molecule has 2 atom stereocenters. The van der Waals surface area contributed by atoms with E-state index >= 15 is 0 Å². The normalized spacial score (nSPS) is 37.7. The molecule has 2 aliphatic rings. The Hall–Kier alpha value is 1.17. The van der Waals surface area contributed by atoms with E-state index in [0.29, 0.717) is 0 Å². The largest absolute Gasteiger partial charge is 1.00 e. The van der Waals surface area contributed by atoms with E-state index in [1.54, 1.807) is 10.8 Å². The van der Waals surface area contributed by atoms with Crippen LogP contribution in [0.3, 0.4) is 0 Å². The van der Waals surface area contributed by atoms with Crippen molar-refractivity contribution in [3.8, 4) is 0 Å². The number of carboxylic acid groups (broad SMARTS) is 1. The van der Waals surface area contributed by atoms with Gasteiger partial charge in [0.15, 0.2) is 0 Å². The zero-order valence-corrected chi connectivity index (χ0v) is 11.4. The van der Waals surface area contributed by atoms with Crippen molar-refractivity contribution in [2.24, 2.45) is 5.92 Å². The van der Waals surface area contributed by atoms with Gasteiger partial charge in [-0.3, -0.25) is 0 Å². The minimum atomic E-state index is -0.831. The van der Waals surface area contributed by atoms with Crippen LogP contribution in [-0.4, -0.2) is 16.5 Å². The number of carbonyl (C=O) groups excluding carboxylic acids is 1. The fourth-order valence-corrected chi connectivity index (χ4v) is 5.88. The van der Waals surface area contributed by atoms with Gasteiger partial charge in [-0.05, 0) is 19.3 Å². The van der Waals surface area contributed by atoms with Crippen LogP contribution in [-0.2, 0) is 4.79 Å². The second kappa shape index (κ2) is 4.79. The van der Waals surface area contributed by atoms with Crippen LogP contribution in [0.1, 0.15) is 25.7 Å². The molecule has 0 amide bonds. The van der Waals surface area contributed by atoms with Gasteiger partial charge in [-0.25, -0.2) is 0 Å². The molecule has 1 saturated carbocycles. The number of carbonyl (C=O) groups is 1. The summed E-state index contributed by atoms with van der Waals surface area (Å²) in [6.45, 7) is 0. The Morgan fingerprint density at radius 1 is 1.46 bits per heavy atom. The molecular formula is C8H11NaO2S2. The second-order valence-electron chi connectivity index (χ2n) is 3.48. The fourth-order valence-electron chi connectivity index (χ4n) is 2.19. The third kappa shape index (κ3) is 2.23. The van der Waals surface area contributed by atoms with Crippen molar-refractivity contribution in [2.45, 2.75) is 30.4 Å². The molecule has 0 radical (unpaired) electrons. The van der Waals surface area contributed by atoms with Crippen LogP contribution in [0.2, 0.25) is 0 Å². The topological polar surface area (TPSA) is 40.1 Å². The van der Waals surface area contributed by atoms with Crippen molar-refractivity contribution < 1.29 is 39.5 Å². The van der Waals surface area contributed by atoms with Gasteiger partial charge in [-0.1, -0.05) is 28.0 Å². The van der Waals surface area contributed by atoms with E-state index < -0.39 is 5.97 Å². The SMILES string of the molecule is O=C([O-])C1CCCC12CCSS2.[Na+]. The van der Waals surface area contributed by atoms with Crippen LogP contribution in [0.5, 0.6) is 0 Å². The van der Waals surface area contributed by atoms with E-state index in [4.69, 9.17) is 0 Å². The average molecular weight is 226 g/mol. The number of rotatable bonds is 1. The van der Waals surface area contributed by atoms with Gasteiger partial charge in [0.1, 0.15) is 0 Å². The van der Waals surface area contributed by atoms with Crippen LogP contribution in [0.15, 0.2) is 0 Å². The summed E-state index contributed by atoms with van der Waals surface area (Å²) >= 11 is 0. The Morgan fingerprint density at radius 2 is 2.23 bits per heavy atom. The quantitative estimate of drug-likeness (QED) is 0.385. The molecule has 2 fully saturated rings. The van der Waals surface area contributed by atoms with Gasteiger partial charge in [0.05, 0.1) is 0 Å². The molecule has 13 heavy (non-hydrogen) atoms. The number of aliphatic carboxylic acids is 1. The summed E-state index contributed by atoms with van der Waals surface area (Å²) in [5.41, 5.74) is 0. The monoisotopic (exact) mass is 226 g/mol. The Morgan fingerprint density at radius 3 is 2.77 bits per heavy atom. The first-order valence-corrected chi connectivity index (χ1v) is 6.58. The molecule has 0 N–H and O–H groups in total. The second-order valence-corrected chi connectivity index (χ2v) is 6.31. The summed E-state index contributed by atoms with van der Waals surface area (Å²) < 4.78 is 0.0451. The van der Waals surface area contributed by atoms with Crippen LogP contribution in [0, 0.1) is 5.92 Å². The molecule has 2 unspecified atom stereocenters. The Balaban J connectivity index is 0.000000845. The Kier molecular flexibility index (Phi) is 4.51. The Labute approximate surface area is 108 Å². The maximum atomic E-state index is 10.8. The van der Waals surface area contributed by atoms with Crippen molar-refractivity contribution in [1.29, 1.82) is 0 Å². The predicted molar refractivity (Wildman–Crippen MR) is 49.7 cm³/mol. The Bertz CT molecular complexity index is 199. The first kappa shape index (κ1) is 12.2. The number of hydrogen-bond donors (Lipinski definition) is 0. The molecule has 1 saturated heterocycles. The molecule has 2 rings (SSSR count). The smallest absolute Gasteiger partial charge is 0.550 e. The van der Waals surface area contributed by atoms with Crippen LogP contribution in [0.4, 0.5) is 0 Å². The summed E-state index contributed by atoms with van der Waals surface area (Å²) in [5.74, 6) is 0.0917. The summed E-state index contributed by atoms with van der Waals surface area (Å²) in [6, 6.07) is 0. The van der Waals surface area contributed by atoms with E-state index in [-0.39, 0.29) is 40.2 Å². The van der Waals surface area contributed by atoms with E-state index in [0.717, 1.165) is 31.4 Å². The minimum absolute atomic E-state index is 0. The van der Waals surface area contributed by atoms with Gasteiger partial charge in [0.25, 0.3) is 0 Å². The first-order chi connectivity index (χ1) is 5.75. The van der Waals surface area contributed by atoms with Gasteiger partial charge in [0, 0.05) is 22.4 Å². The molecule has 1 aliphatic carbocycles. The summed E-state index contributed by atoms with van der Waals surface area (Å²) in [5, 5.41) is 10.8. The molecule has 5 heteroatoms. The number of hydrogen-bond acceptors (Lipinski definition) is 4. The van der Waals surface area contributed by atoms with Crippen LogP contribution >= 0.6 is 21.6 Å². The molecule has 0 aromatic carbocycles. The average Bonchev–Trinajstić information content (AvgIpc) is 2.61. The van der Waals surface area contributed by atoms with Crippen molar-refractivity contribution in [3.05, 3.63) is 0 Å². The van der Waals surface area contributed by atoms with E-state index in [9.17, 15) is 9.90 Å². The molecule has 68 valence electrons. The summed E-state index contributed by atoms with van der Waals surface area (Å²) in [4.78, 5) is 10.8. The zero-order chi connectivity index (χ0) is 8.60. The summed E-state index contributed by atoms with van der Waals surface area (Å²) in [6.07, 6.45) is 4.02. The molecule has 1 heterocycles. The predicted octanol–water partition coefficient (Wildman–Crippen LogP) is -1.94. The fraction of sp³-hybridized carbons (Fsp3) is 0.875. The van der Waals surface area contributed by atoms with Gasteiger partial charge < -0.3 is 9.90 Å². The van der Waals surface area contributed by atoms with Crippen LogP contribution in [0.25, 0.3) is 0 Å². The van der Waals surface area contributed by atoms with Gasteiger partial charge in [0.2, 0.25) is 0 Å². The van der Waals surface area contributed by atoms with E-state index in [2.05, 4.69) is 0 Å². The standard InChI is InChI=1S/C8H12O2S2.Na/c9-7(10)6-2-1-3-8(6)4-5-11-12-8;/h6H,1-5H2,(H,9,10);/q;+1/p-1. The maximum absolute atomic E-state index is 10.8. The van der Waals surface area contributed by atoms with Crippen molar-refractivity contribution in [2.75, 3.05) is 5.75 Å². The molecule has 1 aliphatic heterocycles. The molecule has 1 spiro atoms. The van der Waals surface area contributed by atoms with Crippen molar-refractivity contribution in [1.82, 2.24) is 0 Å². The molecule has 0 aromatic heterocycles. The van der Waals surface area contributed by atoms with E-state index in [1.807, 2.05) is 10.8 Å². The number of carboxylic acids is 1. The molecule has 2 nitrogen and oxygen atoms in total. The maximum Gasteiger partial charge on any atom is 1.00 e. The van der Waals surface area contributed by atoms with Crippen molar-refractivity contribution >= 4 is 27.6 Å². The van der Waals surface area contributed by atoms with Gasteiger partial charge in [-0.2, -0.15) is 0 Å².